The quantitative estimate of drug-likeness (QED) is 0.156. The molecule has 4 nitrogen and oxygen atoms in total. The van der Waals surface area contributed by atoms with Crippen molar-refractivity contribution in [1.82, 2.24) is 0 Å². The fourth-order valence-corrected chi connectivity index (χ4v) is 11.0. The van der Waals surface area contributed by atoms with Crippen LogP contribution in [0, 0.1) is 24.7 Å². The molecule has 9 aromatic carbocycles. The van der Waals surface area contributed by atoms with Crippen molar-refractivity contribution in [3.05, 3.63) is 239 Å². The number of rotatable bonds is 6. The Labute approximate surface area is 383 Å². The van der Waals surface area contributed by atoms with Gasteiger partial charge in [-0.1, -0.05) is 139 Å². The molecule has 0 aromatic heterocycles. The number of ether oxygens (including phenoxy) is 4. The van der Waals surface area contributed by atoms with E-state index in [0.29, 0.717) is 0 Å². The fraction of sp³-hybridized carbons (Fsp3) is 0.0645. The molecule has 0 unspecified atom stereocenters. The highest BCUT2D eigenvalue weighted by Gasteiger charge is 2.49. The zero-order valence-electron chi connectivity index (χ0n) is 35.7. The lowest BCUT2D eigenvalue weighted by Gasteiger charge is -2.37. The monoisotopic (exact) mass is 846 g/mol. The van der Waals surface area contributed by atoms with Gasteiger partial charge in [0.15, 0.2) is 11.2 Å². The van der Waals surface area contributed by atoms with Crippen molar-refractivity contribution in [3.63, 3.8) is 0 Å². The first-order valence-corrected chi connectivity index (χ1v) is 22.2. The Morgan fingerprint density at radius 1 is 0.409 bits per heavy atom. The van der Waals surface area contributed by atoms with Crippen molar-refractivity contribution >= 4 is 32.7 Å². The van der Waals surface area contributed by atoms with Gasteiger partial charge >= 0.3 is 0 Å². The van der Waals surface area contributed by atoms with Gasteiger partial charge in [-0.3, -0.25) is 0 Å². The van der Waals surface area contributed by atoms with E-state index in [1.165, 1.54) is 22.3 Å². The average molecular weight is 847 g/mol. The van der Waals surface area contributed by atoms with Crippen LogP contribution in [0.5, 0.6) is 23.0 Å². The first-order valence-electron chi connectivity index (χ1n) is 22.2. The van der Waals surface area contributed by atoms with Crippen LogP contribution in [0.25, 0.3) is 54.9 Å². The van der Waals surface area contributed by atoms with Gasteiger partial charge in [0.25, 0.3) is 0 Å². The van der Waals surface area contributed by atoms with Crippen molar-refractivity contribution in [3.8, 4) is 69.9 Å². The van der Waals surface area contributed by atoms with Crippen LogP contribution in [0.15, 0.2) is 194 Å². The summed E-state index contributed by atoms with van der Waals surface area (Å²) in [5.74, 6) is 8.23. The van der Waals surface area contributed by atoms with Crippen LogP contribution in [0.3, 0.4) is 0 Å². The summed E-state index contributed by atoms with van der Waals surface area (Å²) in [6.07, 6.45) is 15.9. The van der Waals surface area contributed by atoms with Crippen LogP contribution in [0.1, 0.15) is 44.5 Å². The van der Waals surface area contributed by atoms with E-state index in [1.54, 1.807) is 0 Å². The molecule has 2 heterocycles. The number of hydrogen-bond acceptors (Lipinski definition) is 4. The fourth-order valence-electron chi connectivity index (χ4n) is 11.0. The predicted octanol–water partition coefficient (Wildman–Crippen LogP) is 13.5. The van der Waals surface area contributed by atoms with Gasteiger partial charge in [0, 0.05) is 33.4 Å². The van der Waals surface area contributed by atoms with E-state index in [2.05, 4.69) is 194 Å². The first kappa shape index (κ1) is 37.8. The summed E-state index contributed by atoms with van der Waals surface area (Å²) in [6, 6.07) is 64.2. The second kappa shape index (κ2) is 14.4. The predicted molar refractivity (Wildman–Crippen MR) is 264 cm³/mol. The molecule has 4 aliphatic rings. The average Bonchev–Trinajstić information content (AvgIpc) is 3.79. The molecule has 0 amide bonds. The highest BCUT2D eigenvalue weighted by Crippen LogP contribution is 2.58. The summed E-state index contributed by atoms with van der Waals surface area (Å²) in [4.78, 5) is 0. The molecule has 2 spiro atoms. The van der Waals surface area contributed by atoms with Crippen LogP contribution < -0.4 is 18.9 Å². The lowest BCUT2D eigenvalue weighted by atomic mass is 9.79. The van der Waals surface area contributed by atoms with E-state index >= 15 is 0 Å². The molecule has 0 saturated heterocycles. The number of terminal acetylenes is 2. The summed E-state index contributed by atoms with van der Waals surface area (Å²) >= 11 is 0. The maximum atomic E-state index is 7.41. The Morgan fingerprint density at radius 3 is 1.20 bits per heavy atom. The minimum atomic E-state index is -0.879. The van der Waals surface area contributed by atoms with Gasteiger partial charge in [0.05, 0.1) is 0 Å². The Hall–Kier alpha value is -8.70. The highest BCUT2D eigenvalue weighted by atomic mass is 16.5. The summed E-state index contributed by atoms with van der Waals surface area (Å²) in [7, 11) is 0. The maximum Gasteiger partial charge on any atom is 0.179 e. The molecule has 9 aromatic rings. The molecular formula is C62H38O4. The number of fused-ring (bicyclic) bond motifs is 16. The van der Waals surface area contributed by atoms with Crippen LogP contribution in [-0.4, -0.2) is 13.2 Å². The van der Waals surface area contributed by atoms with Gasteiger partial charge in [-0.05, 0) is 133 Å². The van der Waals surface area contributed by atoms with Gasteiger partial charge < -0.3 is 18.9 Å². The summed E-state index contributed by atoms with van der Waals surface area (Å²) in [6.45, 7) is 0.384. The molecule has 13 rings (SSSR count). The lowest BCUT2D eigenvalue weighted by molar-refractivity contribution is 0.165. The zero-order valence-corrected chi connectivity index (χ0v) is 35.7. The molecule has 310 valence electrons. The largest absolute Gasteiger partial charge is 0.481 e. The van der Waals surface area contributed by atoms with E-state index in [1.807, 2.05) is 12.1 Å². The third kappa shape index (κ3) is 5.43. The lowest BCUT2D eigenvalue weighted by Crippen LogP contribution is -2.33. The molecule has 0 fully saturated rings. The standard InChI is InChI=1S/C62H38O4/c1-3-32-63-43-26-28-45-41(35-43)24-30-57-59(45)51(37-61(65-57)53-20-9-5-16-47(53)48-17-6-10-21-54(48)61)39-14-13-15-40(34-39)52-38-62(55-22-11-7-18-49(55)50-19-8-12-23-56(50)62)66-58-31-25-42-36-44(64-33-4-2)27-29-46(42)60(52)58/h1-2,5-31,34-38H,32-33H2. The third-order valence-electron chi connectivity index (χ3n) is 13.7. The van der Waals surface area contributed by atoms with E-state index in [4.69, 9.17) is 31.8 Å². The molecule has 66 heavy (non-hydrogen) atoms. The normalized spacial score (nSPS) is 14.8. The van der Waals surface area contributed by atoms with Crippen LogP contribution in [-0.2, 0) is 11.2 Å². The number of benzene rings is 9. The van der Waals surface area contributed by atoms with E-state index in [-0.39, 0.29) is 13.2 Å². The SMILES string of the molecule is C#CCOc1ccc2c3c(ccc2c1)OC1(C=C3c2cccc(C3=CC4(Oc5ccc6cc(OCC#C)ccc6c53)c3ccccc3-c3ccccc34)c2)c2ccccc2-c2ccccc21. The molecule has 4 heteroatoms. The Kier molecular flexibility index (Phi) is 8.26. The summed E-state index contributed by atoms with van der Waals surface area (Å²) in [5.41, 5.74) is 13.7. The smallest absolute Gasteiger partial charge is 0.179 e. The molecule has 0 saturated carbocycles. The van der Waals surface area contributed by atoms with Gasteiger partial charge in [-0.2, -0.15) is 0 Å². The molecule has 0 N–H and O–H groups in total. The molecule has 0 radical (unpaired) electrons. The second-order valence-corrected chi connectivity index (χ2v) is 17.2. The first-order chi connectivity index (χ1) is 32.6. The van der Waals surface area contributed by atoms with Crippen LogP contribution in [0.2, 0.25) is 0 Å². The van der Waals surface area contributed by atoms with E-state index < -0.39 is 11.2 Å². The second-order valence-electron chi connectivity index (χ2n) is 17.2. The topological polar surface area (TPSA) is 36.9 Å². The van der Waals surface area contributed by atoms with Gasteiger partial charge in [0.2, 0.25) is 0 Å². The van der Waals surface area contributed by atoms with Crippen molar-refractivity contribution in [2.24, 2.45) is 0 Å². The van der Waals surface area contributed by atoms with Gasteiger partial charge in [0.1, 0.15) is 36.2 Å². The minimum Gasteiger partial charge on any atom is -0.481 e. The van der Waals surface area contributed by atoms with Gasteiger partial charge in [-0.15, -0.1) is 12.8 Å². The van der Waals surface area contributed by atoms with Crippen LogP contribution >= 0.6 is 0 Å². The van der Waals surface area contributed by atoms with E-state index in [0.717, 1.165) is 100 Å². The van der Waals surface area contributed by atoms with Crippen molar-refractivity contribution in [1.29, 1.82) is 0 Å². The van der Waals surface area contributed by atoms with Crippen LogP contribution in [0.4, 0.5) is 0 Å². The molecular weight excluding hydrogens is 809 g/mol. The van der Waals surface area contributed by atoms with Crippen molar-refractivity contribution in [2.45, 2.75) is 11.2 Å². The molecule has 2 aliphatic heterocycles. The molecule has 2 aliphatic carbocycles. The zero-order chi connectivity index (χ0) is 44.0. The molecule has 0 atom stereocenters. The Morgan fingerprint density at radius 2 is 0.803 bits per heavy atom. The highest BCUT2D eigenvalue weighted by molar-refractivity contribution is 6.05. The summed E-state index contributed by atoms with van der Waals surface area (Å²) in [5, 5.41) is 4.15. The van der Waals surface area contributed by atoms with Gasteiger partial charge in [-0.25, -0.2) is 0 Å². The molecule has 0 bridgehead atoms. The van der Waals surface area contributed by atoms with Crippen molar-refractivity contribution in [2.75, 3.05) is 13.2 Å². The Balaban J connectivity index is 1.07. The summed E-state index contributed by atoms with van der Waals surface area (Å²) < 4.78 is 26.6. The maximum absolute atomic E-state index is 7.41. The minimum absolute atomic E-state index is 0.192. The number of hydrogen-bond donors (Lipinski definition) is 0. The van der Waals surface area contributed by atoms with E-state index in [9.17, 15) is 0 Å². The Bertz CT molecular complexity index is 3370. The van der Waals surface area contributed by atoms with Crippen molar-refractivity contribution < 1.29 is 18.9 Å². The third-order valence-corrected chi connectivity index (χ3v) is 13.7.